The zero-order chi connectivity index (χ0) is 14.9. The highest BCUT2D eigenvalue weighted by Crippen LogP contribution is 2.27. The van der Waals surface area contributed by atoms with Gasteiger partial charge in [-0.05, 0) is 43.2 Å². The molecule has 3 nitrogen and oxygen atoms in total. The summed E-state index contributed by atoms with van der Waals surface area (Å²) in [5, 5.41) is 0. The van der Waals surface area contributed by atoms with E-state index in [1.54, 1.807) is 6.07 Å². The number of halogens is 1. The summed E-state index contributed by atoms with van der Waals surface area (Å²) in [5.41, 5.74) is 2.31. The topological polar surface area (TPSA) is 37.4 Å². The van der Waals surface area contributed by atoms with Gasteiger partial charge < -0.3 is 0 Å². The lowest BCUT2D eigenvalue weighted by Crippen LogP contribution is -2.28. The first-order valence-electron chi connectivity index (χ1n) is 6.15. The van der Waals surface area contributed by atoms with Crippen molar-refractivity contribution >= 4 is 15.7 Å². The molecule has 0 saturated carbocycles. The maximum atomic E-state index is 13.7. The Labute approximate surface area is 118 Å². The Kier molecular flexibility index (Phi) is 3.81. The molecule has 0 spiro atoms. The van der Waals surface area contributed by atoms with Gasteiger partial charge in [0.2, 0.25) is 0 Å². The van der Waals surface area contributed by atoms with E-state index in [0.717, 1.165) is 21.5 Å². The van der Waals surface area contributed by atoms with Gasteiger partial charge in [-0.2, -0.15) is 0 Å². The molecule has 0 saturated heterocycles. The minimum Gasteiger partial charge on any atom is -0.269 e. The molecule has 0 atom stereocenters. The smallest absolute Gasteiger partial charge is 0.266 e. The van der Waals surface area contributed by atoms with Gasteiger partial charge in [0.05, 0.1) is 5.69 Å². The Hall–Kier alpha value is -1.88. The van der Waals surface area contributed by atoms with Crippen LogP contribution in [0.25, 0.3) is 0 Å². The van der Waals surface area contributed by atoms with Crippen LogP contribution in [0.5, 0.6) is 0 Å². The second kappa shape index (κ2) is 5.25. The predicted octanol–water partition coefficient (Wildman–Crippen LogP) is 3.27. The van der Waals surface area contributed by atoms with E-state index in [-0.39, 0.29) is 4.90 Å². The first-order valence-corrected chi connectivity index (χ1v) is 7.59. The van der Waals surface area contributed by atoms with Gasteiger partial charge in [0, 0.05) is 7.05 Å². The minimum absolute atomic E-state index is 0.316. The summed E-state index contributed by atoms with van der Waals surface area (Å²) < 4.78 is 39.9. The molecule has 0 aromatic heterocycles. The van der Waals surface area contributed by atoms with Crippen LogP contribution in [0.15, 0.2) is 47.4 Å². The van der Waals surface area contributed by atoms with Crippen LogP contribution >= 0.6 is 0 Å². The molecular formula is C15H16FNO2S. The zero-order valence-electron chi connectivity index (χ0n) is 11.6. The highest BCUT2D eigenvalue weighted by molar-refractivity contribution is 7.92. The molecule has 0 unspecified atom stereocenters. The van der Waals surface area contributed by atoms with E-state index in [0.29, 0.717) is 5.69 Å². The molecule has 0 radical (unpaired) electrons. The fraction of sp³-hybridized carbons (Fsp3) is 0.200. The monoisotopic (exact) mass is 293 g/mol. The van der Waals surface area contributed by atoms with Gasteiger partial charge in [-0.15, -0.1) is 0 Å². The van der Waals surface area contributed by atoms with Gasteiger partial charge in [0.25, 0.3) is 10.0 Å². The van der Waals surface area contributed by atoms with Crippen LogP contribution in [0.3, 0.4) is 0 Å². The lowest BCUT2D eigenvalue weighted by molar-refractivity contribution is 0.566. The standard InChI is InChI=1S/C15H16FNO2S/c1-11-8-9-12(2)14(10-11)17(3)20(18,19)15-7-5-4-6-13(15)16/h4-10H,1-3H3. The Morgan fingerprint density at radius 2 is 1.70 bits per heavy atom. The molecule has 0 aliphatic rings. The molecule has 0 heterocycles. The van der Waals surface area contributed by atoms with Crippen LogP contribution in [-0.4, -0.2) is 15.5 Å². The summed E-state index contributed by atoms with van der Waals surface area (Å²) >= 11 is 0. The van der Waals surface area contributed by atoms with Crippen LogP contribution in [0, 0.1) is 19.7 Å². The molecule has 0 fully saturated rings. The van der Waals surface area contributed by atoms with E-state index in [9.17, 15) is 12.8 Å². The summed E-state index contributed by atoms with van der Waals surface area (Å²) in [5.74, 6) is -0.746. The molecule has 0 aliphatic heterocycles. The van der Waals surface area contributed by atoms with E-state index in [1.165, 1.54) is 25.2 Å². The summed E-state index contributed by atoms with van der Waals surface area (Å²) in [6.07, 6.45) is 0. The van der Waals surface area contributed by atoms with Crippen LogP contribution in [0.4, 0.5) is 10.1 Å². The molecule has 2 aromatic carbocycles. The lowest BCUT2D eigenvalue weighted by Gasteiger charge is -2.22. The molecule has 106 valence electrons. The molecule has 2 rings (SSSR count). The van der Waals surface area contributed by atoms with Gasteiger partial charge in [-0.1, -0.05) is 24.3 Å². The Balaban J connectivity index is 2.55. The third-order valence-corrected chi connectivity index (χ3v) is 4.98. The van der Waals surface area contributed by atoms with Crippen molar-refractivity contribution < 1.29 is 12.8 Å². The van der Waals surface area contributed by atoms with Gasteiger partial charge >= 0.3 is 0 Å². The molecular weight excluding hydrogens is 277 g/mol. The zero-order valence-corrected chi connectivity index (χ0v) is 12.4. The Morgan fingerprint density at radius 1 is 1.05 bits per heavy atom. The molecule has 0 bridgehead atoms. The molecule has 0 amide bonds. The quantitative estimate of drug-likeness (QED) is 0.871. The van der Waals surface area contributed by atoms with Crippen molar-refractivity contribution in [2.75, 3.05) is 11.4 Å². The molecule has 2 aromatic rings. The van der Waals surface area contributed by atoms with E-state index in [2.05, 4.69) is 0 Å². The van der Waals surface area contributed by atoms with Crippen LogP contribution < -0.4 is 4.31 Å². The number of hydrogen-bond donors (Lipinski definition) is 0. The highest BCUT2D eigenvalue weighted by atomic mass is 32.2. The van der Waals surface area contributed by atoms with Crippen LogP contribution in [-0.2, 0) is 10.0 Å². The predicted molar refractivity (Wildman–Crippen MR) is 77.9 cm³/mol. The van der Waals surface area contributed by atoms with Gasteiger partial charge in [0.1, 0.15) is 10.7 Å². The van der Waals surface area contributed by atoms with Gasteiger partial charge in [-0.3, -0.25) is 4.31 Å². The number of benzene rings is 2. The fourth-order valence-electron chi connectivity index (χ4n) is 1.99. The summed E-state index contributed by atoms with van der Waals surface area (Å²) in [7, 11) is -2.47. The first-order chi connectivity index (χ1) is 9.34. The van der Waals surface area contributed by atoms with Crippen molar-refractivity contribution in [3.8, 4) is 0 Å². The van der Waals surface area contributed by atoms with E-state index in [4.69, 9.17) is 0 Å². The highest BCUT2D eigenvalue weighted by Gasteiger charge is 2.25. The van der Waals surface area contributed by atoms with Gasteiger partial charge in [-0.25, -0.2) is 12.8 Å². The SMILES string of the molecule is Cc1ccc(C)c(N(C)S(=O)(=O)c2ccccc2F)c1. The lowest BCUT2D eigenvalue weighted by atomic mass is 10.1. The molecule has 20 heavy (non-hydrogen) atoms. The molecule has 0 N–H and O–H groups in total. The number of sulfonamides is 1. The Bertz CT molecular complexity index is 741. The number of rotatable bonds is 3. The van der Waals surface area contributed by atoms with Crippen LogP contribution in [0.2, 0.25) is 0 Å². The fourth-order valence-corrected chi connectivity index (χ4v) is 3.31. The van der Waals surface area contributed by atoms with Crippen molar-refractivity contribution in [3.05, 3.63) is 59.4 Å². The summed E-state index contributed by atoms with van der Waals surface area (Å²) in [4.78, 5) is -0.316. The third-order valence-electron chi connectivity index (χ3n) is 3.18. The largest absolute Gasteiger partial charge is 0.269 e. The van der Waals surface area contributed by atoms with Crippen LogP contribution in [0.1, 0.15) is 11.1 Å². The molecule has 5 heteroatoms. The van der Waals surface area contributed by atoms with E-state index in [1.807, 2.05) is 26.0 Å². The molecule has 0 aliphatic carbocycles. The van der Waals surface area contributed by atoms with Crippen molar-refractivity contribution in [1.82, 2.24) is 0 Å². The second-order valence-corrected chi connectivity index (χ2v) is 6.63. The van der Waals surface area contributed by atoms with Crippen molar-refractivity contribution in [1.29, 1.82) is 0 Å². The normalized spacial score (nSPS) is 11.4. The second-order valence-electron chi connectivity index (χ2n) is 4.69. The Morgan fingerprint density at radius 3 is 2.35 bits per heavy atom. The van der Waals surface area contributed by atoms with Crippen molar-refractivity contribution in [3.63, 3.8) is 0 Å². The maximum absolute atomic E-state index is 13.7. The number of anilines is 1. The third kappa shape index (κ3) is 2.54. The van der Waals surface area contributed by atoms with Crippen molar-refractivity contribution in [2.45, 2.75) is 18.7 Å². The minimum atomic E-state index is -3.90. The van der Waals surface area contributed by atoms with E-state index >= 15 is 0 Å². The maximum Gasteiger partial charge on any atom is 0.266 e. The van der Waals surface area contributed by atoms with Crippen molar-refractivity contribution in [2.24, 2.45) is 0 Å². The summed E-state index contributed by atoms with van der Waals surface area (Å²) in [6.45, 7) is 3.70. The van der Waals surface area contributed by atoms with E-state index < -0.39 is 15.8 Å². The number of hydrogen-bond acceptors (Lipinski definition) is 2. The van der Waals surface area contributed by atoms with Gasteiger partial charge in [0.15, 0.2) is 0 Å². The first kappa shape index (κ1) is 14.5. The number of aryl methyl sites for hydroxylation is 2. The summed E-state index contributed by atoms with van der Waals surface area (Å²) in [6, 6.07) is 10.9. The number of nitrogens with zero attached hydrogens (tertiary/aromatic N) is 1. The average Bonchev–Trinajstić information content (AvgIpc) is 2.41. The average molecular weight is 293 g/mol.